The van der Waals surface area contributed by atoms with Crippen LogP contribution in [0.3, 0.4) is 0 Å². The Labute approximate surface area is 293 Å². The maximum absolute atomic E-state index is 14.1. The number of carboxylic acid groups (broad SMARTS) is 1. The fourth-order valence-electron chi connectivity index (χ4n) is 5.36. The maximum Gasteiger partial charge on any atom is 2.00 e. The predicted molar refractivity (Wildman–Crippen MR) is 171 cm³/mol. The van der Waals surface area contributed by atoms with E-state index in [0.717, 1.165) is 5.56 Å². The van der Waals surface area contributed by atoms with E-state index >= 15 is 0 Å². The number of aliphatic hydroxyl groups excluding tert-OH is 2. The first-order valence-electron chi connectivity index (χ1n) is 14.2. The number of anilines is 1. The minimum absolute atomic E-state index is 0. The average Bonchev–Trinajstić information content (AvgIpc) is 3.32. The number of hydrogen-bond donors (Lipinski definition) is 3. The van der Waals surface area contributed by atoms with Crippen LogP contribution >= 0.6 is 0 Å². The molecule has 3 N–H and O–H groups in total. The van der Waals surface area contributed by atoms with Gasteiger partial charge in [-0.2, -0.15) is 0 Å². The van der Waals surface area contributed by atoms with Crippen LogP contribution in [-0.4, -0.2) is 76.6 Å². The molecule has 1 heterocycles. The van der Waals surface area contributed by atoms with Crippen molar-refractivity contribution < 1.29 is 34.4 Å². The molecule has 2 atom stereocenters. The molecule has 10 heteroatoms. The molecule has 8 nitrogen and oxygen atoms in total. The van der Waals surface area contributed by atoms with Gasteiger partial charge in [-0.15, -0.1) is 6.61 Å². The first-order valence-corrected chi connectivity index (χ1v) is 14.2. The Morgan fingerprint density at radius 2 is 1.53 bits per heavy atom. The number of carboxylic acids is 1. The fraction of sp³-hybridized carbons (Fsp3) is 0.314. The summed E-state index contributed by atoms with van der Waals surface area (Å²) in [5, 5.41) is 45.9. The normalized spacial score (nSPS) is 12.2. The van der Waals surface area contributed by atoms with Crippen molar-refractivity contribution in [2.45, 2.75) is 71.8 Å². The largest absolute Gasteiger partial charge is 2.00 e. The van der Waals surface area contributed by atoms with Crippen molar-refractivity contribution in [3.63, 3.8) is 0 Å². The van der Waals surface area contributed by atoms with E-state index in [-0.39, 0.29) is 83.0 Å². The zero-order valence-corrected chi connectivity index (χ0v) is 27.0. The van der Waals surface area contributed by atoms with Gasteiger partial charge in [0.25, 0.3) is 5.91 Å². The molecule has 0 aliphatic carbocycles. The predicted octanol–water partition coefficient (Wildman–Crippen LogP) is 4.09. The summed E-state index contributed by atoms with van der Waals surface area (Å²) in [6.45, 7) is 3.76. The number of rotatable bonds is 13. The number of aliphatic carboxylic acids is 1. The van der Waals surface area contributed by atoms with E-state index in [0.29, 0.717) is 39.3 Å². The van der Waals surface area contributed by atoms with Crippen molar-refractivity contribution in [2.75, 3.05) is 5.32 Å². The van der Waals surface area contributed by atoms with Gasteiger partial charge in [-0.3, -0.25) is 4.79 Å². The number of nitrogens with one attached hydrogen (secondary N) is 1. The molecule has 4 aromatic rings. The van der Waals surface area contributed by atoms with Crippen molar-refractivity contribution >= 4 is 55.3 Å². The van der Waals surface area contributed by atoms with Crippen LogP contribution < -0.4 is 15.5 Å². The van der Waals surface area contributed by atoms with Crippen molar-refractivity contribution in [2.24, 2.45) is 0 Å². The number of aromatic nitrogens is 1. The third-order valence-corrected chi connectivity index (χ3v) is 7.27. The van der Waals surface area contributed by atoms with Gasteiger partial charge in [0.2, 0.25) is 0 Å². The Hall–Kier alpha value is -3.05. The monoisotopic (exact) mass is 642 g/mol. The third kappa shape index (κ3) is 9.72. The number of aliphatic hydroxyl groups is 2. The van der Waals surface area contributed by atoms with Crippen molar-refractivity contribution in [3.05, 3.63) is 102 Å². The number of carbonyl (C=O) groups is 2. The zero-order chi connectivity index (χ0) is 31.1. The summed E-state index contributed by atoms with van der Waals surface area (Å²) >= 11 is 0. The molecule has 0 fully saturated rings. The van der Waals surface area contributed by atoms with Crippen LogP contribution in [0.5, 0.6) is 0 Å². The summed E-state index contributed by atoms with van der Waals surface area (Å²) in [5.41, 5.74) is 4.93. The van der Waals surface area contributed by atoms with Gasteiger partial charge in [0.1, 0.15) is 5.82 Å². The van der Waals surface area contributed by atoms with Crippen LogP contribution in [-0.2, 0) is 17.9 Å². The summed E-state index contributed by atoms with van der Waals surface area (Å²) in [5.74, 6) is -2.36. The number of halogens is 1. The van der Waals surface area contributed by atoms with E-state index < -0.39 is 30.4 Å². The number of amides is 1. The molecule has 0 unspecified atom stereocenters. The van der Waals surface area contributed by atoms with Gasteiger partial charge in [0, 0.05) is 35.9 Å². The van der Waals surface area contributed by atoms with Gasteiger partial charge in [-0.1, -0.05) is 69.3 Å². The topological polar surface area (TPSA) is 138 Å². The molecular weight excluding hydrogens is 603 g/mol. The molecule has 0 saturated heterocycles. The van der Waals surface area contributed by atoms with Gasteiger partial charge < -0.3 is 35.1 Å². The second-order valence-electron chi connectivity index (χ2n) is 10.9. The van der Waals surface area contributed by atoms with Crippen molar-refractivity contribution in [3.8, 4) is 22.4 Å². The average molecular weight is 643 g/mol. The van der Waals surface area contributed by atoms with Crippen LogP contribution in [0.4, 0.5) is 10.1 Å². The van der Waals surface area contributed by atoms with E-state index in [1.165, 1.54) is 12.1 Å². The number of carbonyl (C=O) groups excluding carboxylic acids is 2. The summed E-state index contributed by atoms with van der Waals surface area (Å²) < 4.78 is 16.0. The van der Waals surface area contributed by atoms with E-state index in [1.54, 1.807) is 36.4 Å². The number of hydrogen-bond acceptors (Lipinski definition) is 6. The Morgan fingerprint density at radius 1 is 0.911 bits per heavy atom. The van der Waals surface area contributed by atoms with Crippen molar-refractivity contribution in [1.82, 2.24) is 4.57 Å². The molecule has 1 amide bonds. The molecule has 0 spiro atoms. The summed E-state index contributed by atoms with van der Waals surface area (Å²) in [7, 11) is 0. The third-order valence-electron chi connectivity index (χ3n) is 7.27. The molecule has 1 aromatic heterocycles. The van der Waals surface area contributed by atoms with E-state index in [9.17, 15) is 34.4 Å². The zero-order valence-electron chi connectivity index (χ0n) is 24.8. The summed E-state index contributed by atoms with van der Waals surface area (Å²) in [4.78, 5) is 25.0. The molecule has 234 valence electrons. The van der Waals surface area contributed by atoms with Crippen molar-refractivity contribution in [1.29, 1.82) is 0 Å². The molecule has 0 aliphatic heterocycles. The Morgan fingerprint density at radius 3 is 2.09 bits per heavy atom. The SMILES string of the molecule is C.CC(C)c1c(C(=O)Nc2ccc(C[O-])cc2)c(-c2ccccc2)c(-c2ccc(F)cc2)n1CC[C@@H](O)C[C@@H](O)CC(=O)[O-].[Ca+2]. The summed E-state index contributed by atoms with van der Waals surface area (Å²) in [6.07, 6.45) is -2.89. The molecule has 4 rings (SSSR count). The van der Waals surface area contributed by atoms with Gasteiger partial charge in [-0.05, 0) is 66.3 Å². The Kier molecular flexibility index (Phi) is 14.9. The molecule has 0 aliphatic rings. The van der Waals surface area contributed by atoms with E-state index in [2.05, 4.69) is 5.32 Å². The van der Waals surface area contributed by atoms with Crippen LogP contribution in [0, 0.1) is 5.82 Å². The van der Waals surface area contributed by atoms with Crippen LogP contribution in [0.25, 0.3) is 22.4 Å². The Balaban J connectivity index is 0.00000353. The standard InChI is InChI=1S/C34H36FN2O6.CH4.Ca/c1-21(2)32-31(34(43)36-26-14-8-22(20-38)9-15-26)30(23-6-4-3-5-7-23)33(24-10-12-25(35)13-11-24)37(32)17-16-27(39)18-28(40)19-29(41)42;;/h3-15,21,27-28,39-40H,16-20H2,1-2H3,(H,36,43)(H,41,42);1H4;/q-1;;+2/p-1/t27-,28-;;/m1../s1. The Bertz CT molecular complexity index is 1540. The molecule has 0 radical (unpaired) electrons. The van der Waals surface area contributed by atoms with Crippen LogP contribution in [0.1, 0.15) is 68.1 Å². The minimum Gasteiger partial charge on any atom is -0.851 e. The molecule has 45 heavy (non-hydrogen) atoms. The van der Waals surface area contributed by atoms with Crippen LogP contribution in [0.15, 0.2) is 78.9 Å². The van der Waals surface area contributed by atoms with Gasteiger partial charge in [0.15, 0.2) is 0 Å². The van der Waals surface area contributed by atoms with Crippen LogP contribution in [0.2, 0.25) is 0 Å². The molecule has 0 bridgehead atoms. The summed E-state index contributed by atoms with van der Waals surface area (Å²) in [6, 6.07) is 22.0. The number of benzene rings is 3. The molecule has 3 aromatic carbocycles. The smallest absolute Gasteiger partial charge is 0.851 e. The molecular formula is C35H39CaFN2O6. The molecule has 0 saturated carbocycles. The van der Waals surface area contributed by atoms with Gasteiger partial charge in [0.05, 0.1) is 23.5 Å². The maximum atomic E-state index is 14.1. The van der Waals surface area contributed by atoms with E-state index in [4.69, 9.17) is 0 Å². The quantitative estimate of drug-likeness (QED) is 0.188. The van der Waals surface area contributed by atoms with E-state index in [1.807, 2.05) is 48.7 Å². The second-order valence-corrected chi connectivity index (χ2v) is 10.9. The van der Waals surface area contributed by atoms with Gasteiger partial charge in [-0.25, -0.2) is 4.39 Å². The van der Waals surface area contributed by atoms with Gasteiger partial charge >= 0.3 is 37.7 Å². The second kappa shape index (κ2) is 17.6. The first kappa shape index (κ1) is 38.1. The number of nitrogens with zero attached hydrogens (tertiary/aromatic N) is 1. The fourth-order valence-corrected chi connectivity index (χ4v) is 5.36. The minimum atomic E-state index is -1.41. The first-order chi connectivity index (χ1) is 20.6.